The molecule has 6 heteroatoms. The van der Waals surface area contributed by atoms with Gasteiger partial charge in [0.05, 0.1) is 18.1 Å². The number of piperidine rings is 1. The highest BCUT2D eigenvalue weighted by Crippen LogP contribution is 2.37. The summed E-state index contributed by atoms with van der Waals surface area (Å²) in [5, 5.41) is 0.623. The highest BCUT2D eigenvalue weighted by molar-refractivity contribution is 6.30. The van der Waals surface area contributed by atoms with Crippen molar-refractivity contribution in [3.8, 4) is 0 Å². The van der Waals surface area contributed by atoms with E-state index in [0.29, 0.717) is 37.6 Å². The van der Waals surface area contributed by atoms with Gasteiger partial charge in [-0.15, -0.1) is 0 Å². The van der Waals surface area contributed by atoms with Gasteiger partial charge >= 0.3 is 5.97 Å². The molecule has 0 bridgehead atoms. The lowest BCUT2D eigenvalue weighted by atomic mass is 9.72. The maximum atomic E-state index is 12.7. The van der Waals surface area contributed by atoms with E-state index in [9.17, 15) is 9.59 Å². The molecule has 1 unspecified atom stereocenters. The summed E-state index contributed by atoms with van der Waals surface area (Å²) in [6.45, 7) is 6.97. The molecule has 2 rings (SSSR count). The molecule has 2 N–H and O–H groups in total. The van der Waals surface area contributed by atoms with Crippen LogP contribution < -0.4 is 5.73 Å². The summed E-state index contributed by atoms with van der Waals surface area (Å²) in [7, 11) is 0. The van der Waals surface area contributed by atoms with Crippen LogP contribution in [0.1, 0.15) is 39.2 Å². The lowest BCUT2D eigenvalue weighted by Gasteiger charge is -2.41. The molecule has 0 aliphatic carbocycles. The molecule has 138 valence electrons. The zero-order chi connectivity index (χ0) is 18.6. The number of ether oxygens (including phenoxy) is 1. The van der Waals surface area contributed by atoms with Gasteiger partial charge in [-0.05, 0) is 43.4 Å². The molecule has 1 amide bonds. The smallest absolute Gasteiger partial charge is 0.316 e. The van der Waals surface area contributed by atoms with Crippen molar-refractivity contribution in [3.63, 3.8) is 0 Å². The van der Waals surface area contributed by atoms with Gasteiger partial charge in [0, 0.05) is 18.1 Å². The Morgan fingerprint density at radius 2 is 1.80 bits per heavy atom. The number of nitrogens with two attached hydrogens (primary N) is 1. The Hall–Kier alpha value is -1.59. The molecular weight excluding hydrogens is 340 g/mol. The van der Waals surface area contributed by atoms with Gasteiger partial charge in [0.25, 0.3) is 0 Å². The number of amides is 1. The van der Waals surface area contributed by atoms with Crippen molar-refractivity contribution in [1.82, 2.24) is 4.90 Å². The number of likely N-dealkylation sites (tertiary alicyclic amines) is 1. The van der Waals surface area contributed by atoms with E-state index in [0.717, 1.165) is 5.56 Å². The van der Waals surface area contributed by atoms with Crippen LogP contribution in [-0.4, -0.2) is 42.5 Å². The molecule has 1 saturated heterocycles. The third kappa shape index (κ3) is 4.15. The molecule has 1 aliphatic heterocycles. The third-order valence-corrected chi connectivity index (χ3v) is 5.25. The van der Waals surface area contributed by atoms with Gasteiger partial charge in [-0.25, -0.2) is 0 Å². The average molecular weight is 367 g/mol. The summed E-state index contributed by atoms with van der Waals surface area (Å²) in [6.07, 6.45) is 1.04. The van der Waals surface area contributed by atoms with E-state index in [1.165, 1.54) is 0 Å². The van der Waals surface area contributed by atoms with Crippen molar-refractivity contribution in [2.75, 3.05) is 19.7 Å². The van der Waals surface area contributed by atoms with Crippen LogP contribution in [0.25, 0.3) is 0 Å². The van der Waals surface area contributed by atoms with E-state index in [4.69, 9.17) is 22.1 Å². The summed E-state index contributed by atoms with van der Waals surface area (Å²) >= 11 is 5.98. The Balaban J connectivity index is 2.22. The SMILES string of the molecule is CCOC(=O)C1(c2ccc(Cl)cc2)CCN(C(=O)C(N)C(C)C)CC1. The average Bonchev–Trinajstić information content (AvgIpc) is 2.61. The number of rotatable bonds is 5. The fraction of sp³-hybridized carbons (Fsp3) is 0.579. The van der Waals surface area contributed by atoms with Crippen molar-refractivity contribution in [2.24, 2.45) is 11.7 Å². The normalized spacial score (nSPS) is 18.1. The highest BCUT2D eigenvalue weighted by atomic mass is 35.5. The van der Waals surface area contributed by atoms with Crippen LogP contribution >= 0.6 is 11.6 Å². The molecule has 5 nitrogen and oxygen atoms in total. The number of hydrogen-bond donors (Lipinski definition) is 1. The summed E-state index contributed by atoms with van der Waals surface area (Å²) in [4.78, 5) is 27.0. The molecule has 1 fully saturated rings. The van der Waals surface area contributed by atoms with Gasteiger partial charge in [0.2, 0.25) is 5.91 Å². The van der Waals surface area contributed by atoms with E-state index in [1.54, 1.807) is 24.0 Å². The van der Waals surface area contributed by atoms with E-state index in [-0.39, 0.29) is 17.8 Å². The van der Waals surface area contributed by atoms with Crippen LogP contribution in [0.2, 0.25) is 5.02 Å². The van der Waals surface area contributed by atoms with Crippen molar-refractivity contribution in [1.29, 1.82) is 0 Å². The maximum Gasteiger partial charge on any atom is 0.316 e. The predicted octanol–water partition coefficient (Wildman–Crippen LogP) is 2.75. The Morgan fingerprint density at radius 1 is 1.24 bits per heavy atom. The lowest BCUT2D eigenvalue weighted by molar-refractivity contribution is -0.154. The van der Waals surface area contributed by atoms with Gasteiger partial charge in [-0.1, -0.05) is 37.6 Å². The first-order valence-corrected chi connectivity index (χ1v) is 9.17. The van der Waals surface area contributed by atoms with Crippen molar-refractivity contribution >= 4 is 23.5 Å². The minimum absolute atomic E-state index is 0.0523. The standard InChI is InChI=1S/C19H27ClN2O3/c1-4-25-18(24)19(14-5-7-15(20)8-6-14)9-11-22(12-10-19)17(23)16(21)13(2)3/h5-8,13,16H,4,9-12,21H2,1-3H3. The van der Waals surface area contributed by atoms with E-state index in [2.05, 4.69) is 0 Å². The number of halogens is 1. The topological polar surface area (TPSA) is 72.6 Å². The van der Waals surface area contributed by atoms with E-state index in [1.807, 2.05) is 26.0 Å². The predicted molar refractivity (Wildman–Crippen MR) is 98.4 cm³/mol. The van der Waals surface area contributed by atoms with Gasteiger partial charge in [-0.2, -0.15) is 0 Å². The van der Waals surface area contributed by atoms with Crippen LogP contribution in [0.15, 0.2) is 24.3 Å². The Bertz CT molecular complexity index is 608. The van der Waals surface area contributed by atoms with Crippen LogP contribution in [-0.2, 0) is 19.7 Å². The zero-order valence-corrected chi connectivity index (χ0v) is 15.9. The molecule has 1 atom stereocenters. The van der Waals surface area contributed by atoms with Crippen LogP contribution in [0.4, 0.5) is 0 Å². The molecular formula is C19H27ClN2O3. The second kappa shape index (κ2) is 8.19. The number of benzene rings is 1. The van der Waals surface area contributed by atoms with Crippen molar-refractivity contribution in [2.45, 2.75) is 45.1 Å². The second-order valence-electron chi connectivity index (χ2n) is 6.90. The monoisotopic (exact) mass is 366 g/mol. The minimum atomic E-state index is -0.737. The fourth-order valence-corrected chi connectivity index (χ4v) is 3.38. The molecule has 1 aromatic carbocycles. The first kappa shape index (κ1) is 19.7. The molecule has 0 spiro atoms. The summed E-state index contributed by atoms with van der Waals surface area (Å²) in [5.41, 5.74) is 6.14. The van der Waals surface area contributed by atoms with Crippen LogP contribution in [0.3, 0.4) is 0 Å². The van der Waals surface area contributed by atoms with Crippen molar-refractivity contribution in [3.05, 3.63) is 34.9 Å². The van der Waals surface area contributed by atoms with E-state index < -0.39 is 11.5 Å². The third-order valence-electron chi connectivity index (χ3n) is 5.00. The summed E-state index contributed by atoms with van der Waals surface area (Å²) in [5.74, 6) is -0.207. The molecule has 0 radical (unpaired) electrons. The number of carbonyl (C=O) groups is 2. The summed E-state index contributed by atoms with van der Waals surface area (Å²) < 4.78 is 5.35. The Labute approximate surface area is 154 Å². The summed E-state index contributed by atoms with van der Waals surface area (Å²) in [6, 6.07) is 6.80. The first-order chi connectivity index (χ1) is 11.8. The highest BCUT2D eigenvalue weighted by Gasteiger charge is 2.45. The van der Waals surface area contributed by atoms with Gasteiger partial charge in [0.1, 0.15) is 0 Å². The largest absolute Gasteiger partial charge is 0.465 e. The number of esters is 1. The minimum Gasteiger partial charge on any atom is -0.465 e. The van der Waals surface area contributed by atoms with E-state index >= 15 is 0 Å². The van der Waals surface area contributed by atoms with Gasteiger partial charge in [-0.3, -0.25) is 9.59 Å². The van der Waals surface area contributed by atoms with Crippen LogP contribution in [0, 0.1) is 5.92 Å². The molecule has 0 saturated carbocycles. The number of carbonyl (C=O) groups excluding carboxylic acids is 2. The molecule has 1 aliphatic rings. The number of nitrogens with zero attached hydrogens (tertiary/aromatic N) is 1. The molecule has 1 aromatic rings. The fourth-order valence-electron chi connectivity index (χ4n) is 3.25. The molecule has 0 aromatic heterocycles. The number of hydrogen-bond acceptors (Lipinski definition) is 4. The first-order valence-electron chi connectivity index (χ1n) is 8.79. The van der Waals surface area contributed by atoms with Gasteiger partial charge < -0.3 is 15.4 Å². The quantitative estimate of drug-likeness (QED) is 0.813. The van der Waals surface area contributed by atoms with Gasteiger partial charge in [0.15, 0.2) is 0 Å². The van der Waals surface area contributed by atoms with Crippen LogP contribution in [0.5, 0.6) is 0 Å². The zero-order valence-electron chi connectivity index (χ0n) is 15.1. The second-order valence-corrected chi connectivity index (χ2v) is 7.34. The molecule has 1 heterocycles. The Kier molecular flexibility index (Phi) is 6.47. The molecule has 25 heavy (non-hydrogen) atoms. The Morgan fingerprint density at radius 3 is 2.28 bits per heavy atom. The maximum absolute atomic E-state index is 12.7. The lowest BCUT2D eigenvalue weighted by Crippen LogP contribution is -2.54. The van der Waals surface area contributed by atoms with Crippen molar-refractivity contribution < 1.29 is 14.3 Å².